The van der Waals surface area contributed by atoms with Crippen molar-refractivity contribution in [3.8, 4) is 0 Å². The summed E-state index contributed by atoms with van der Waals surface area (Å²) >= 11 is 0. The van der Waals surface area contributed by atoms with Gasteiger partial charge in [0.05, 0.1) is 31.7 Å². The molecule has 0 aliphatic carbocycles. The van der Waals surface area contributed by atoms with Crippen LogP contribution in [0.25, 0.3) is 0 Å². The van der Waals surface area contributed by atoms with E-state index in [4.69, 9.17) is 18.9 Å². The smallest absolute Gasteiger partial charge is 0.302 e. The topological polar surface area (TPSA) is 84.7 Å². The van der Waals surface area contributed by atoms with E-state index < -0.39 is 6.41 Å². The van der Waals surface area contributed by atoms with Crippen molar-refractivity contribution in [1.29, 1.82) is 0 Å². The molecule has 3 heterocycles. The molecule has 2 aliphatic heterocycles. The Kier molecular flexibility index (Phi) is 3.45. The quantitative estimate of drug-likeness (QED) is 0.691. The van der Waals surface area contributed by atoms with Crippen LogP contribution in [-0.2, 0) is 23.7 Å². The van der Waals surface area contributed by atoms with E-state index in [2.05, 4.69) is 10.3 Å². The Morgan fingerprint density at radius 3 is 3.00 bits per heavy atom. The molecule has 8 heteroatoms. The number of rotatable bonds is 2. The van der Waals surface area contributed by atoms with Gasteiger partial charge in [0.1, 0.15) is 12.2 Å². The summed E-state index contributed by atoms with van der Waals surface area (Å²) in [5.74, 6) is -0.313. The van der Waals surface area contributed by atoms with Crippen LogP contribution in [0.5, 0.6) is 0 Å². The maximum atomic E-state index is 11.0. The molecular formula is C11H15N3O5. The molecule has 1 aromatic rings. The van der Waals surface area contributed by atoms with Gasteiger partial charge in [0, 0.05) is 13.3 Å². The van der Waals surface area contributed by atoms with Gasteiger partial charge in [-0.05, 0) is 0 Å². The van der Waals surface area contributed by atoms with Crippen LogP contribution in [0.15, 0.2) is 12.4 Å². The van der Waals surface area contributed by atoms with Crippen LogP contribution < -0.4 is 0 Å². The van der Waals surface area contributed by atoms with Gasteiger partial charge in [0.2, 0.25) is 0 Å². The van der Waals surface area contributed by atoms with Gasteiger partial charge in [0.15, 0.2) is 0 Å². The SMILES string of the molecule is CC(=O)OC1COC2COC(n3ccnn3)OC2C1. The molecule has 0 spiro atoms. The van der Waals surface area contributed by atoms with E-state index in [1.165, 1.54) is 11.6 Å². The molecule has 3 rings (SSSR count). The van der Waals surface area contributed by atoms with E-state index in [0.717, 1.165) is 0 Å². The molecule has 0 N–H and O–H groups in total. The summed E-state index contributed by atoms with van der Waals surface area (Å²) in [6.07, 6.45) is 2.62. The second kappa shape index (κ2) is 5.24. The Balaban J connectivity index is 1.62. The highest BCUT2D eigenvalue weighted by Crippen LogP contribution is 2.29. The predicted molar refractivity (Wildman–Crippen MR) is 59.8 cm³/mol. The molecule has 0 amide bonds. The minimum atomic E-state index is -0.608. The first kappa shape index (κ1) is 12.5. The number of fused-ring (bicyclic) bond motifs is 1. The number of carbonyl (C=O) groups is 1. The van der Waals surface area contributed by atoms with Gasteiger partial charge in [0.25, 0.3) is 6.41 Å². The number of esters is 1. The summed E-state index contributed by atoms with van der Waals surface area (Å²) in [7, 11) is 0. The largest absolute Gasteiger partial charge is 0.460 e. The number of carbonyl (C=O) groups excluding carboxylic acids is 1. The first-order valence-electron chi connectivity index (χ1n) is 6.14. The first-order valence-corrected chi connectivity index (χ1v) is 6.14. The Morgan fingerprint density at radius 1 is 1.37 bits per heavy atom. The fourth-order valence-corrected chi connectivity index (χ4v) is 2.27. The molecule has 0 radical (unpaired) electrons. The van der Waals surface area contributed by atoms with Crippen molar-refractivity contribution in [2.75, 3.05) is 13.2 Å². The Morgan fingerprint density at radius 2 is 2.26 bits per heavy atom. The molecule has 0 aromatic carbocycles. The normalized spacial score (nSPS) is 34.6. The lowest BCUT2D eigenvalue weighted by Gasteiger charge is -2.40. The summed E-state index contributed by atoms with van der Waals surface area (Å²) in [5.41, 5.74) is 0. The zero-order valence-corrected chi connectivity index (χ0v) is 10.5. The average Bonchev–Trinajstić information content (AvgIpc) is 2.91. The summed E-state index contributed by atoms with van der Waals surface area (Å²) in [6, 6.07) is 0. The third kappa shape index (κ3) is 2.75. The van der Waals surface area contributed by atoms with Crippen LogP contribution in [-0.4, -0.2) is 52.5 Å². The van der Waals surface area contributed by atoms with Crippen molar-refractivity contribution in [2.24, 2.45) is 0 Å². The second-order valence-corrected chi connectivity index (χ2v) is 4.54. The third-order valence-corrected chi connectivity index (χ3v) is 3.09. The second-order valence-electron chi connectivity index (χ2n) is 4.54. The minimum Gasteiger partial charge on any atom is -0.460 e. The third-order valence-electron chi connectivity index (χ3n) is 3.09. The van der Waals surface area contributed by atoms with Gasteiger partial charge >= 0.3 is 5.97 Å². The molecule has 8 nitrogen and oxygen atoms in total. The number of nitrogens with zero attached hydrogens (tertiary/aromatic N) is 3. The monoisotopic (exact) mass is 269 g/mol. The van der Waals surface area contributed by atoms with Gasteiger partial charge in [-0.2, -0.15) is 4.68 Å². The highest BCUT2D eigenvalue weighted by Gasteiger charge is 2.40. The number of hydrogen-bond donors (Lipinski definition) is 0. The van der Waals surface area contributed by atoms with E-state index in [1.54, 1.807) is 12.4 Å². The van der Waals surface area contributed by atoms with Crippen LogP contribution in [0.4, 0.5) is 0 Å². The molecule has 4 unspecified atom stereocenters. The molecule has 4 atom stereocenters. The maximum absolute atomic E-state index is 11.0. The molecule has 0 saturated carbocycles. The first-order chi connectivity index (χ1) is 9.22. The molecule has 1 aromatic heterocycles. The van der Waals surface area contributed by atoms with E-state index in [-0.39, 0.29) is 24.3 Å². The lowest BCUT2D eigenvalue weighted by molar-refractivity contribution is -0.316. The number of aromatic nitrogens is 3. The van der Waals surface area contributed by atoms with Gasteiger partial charge in [-0.15, -0.1) is 5.10 Å². The van der Waals surface area contributed by atoms with Crippen LogP contribution in [0.2, 0.25) is 0 Å². The Labute approximate surface area is 109 Å². The van der Waals surface area contributed by atoms with Crippen molar-refractivity contribution in [3.05, 3.63) is 12.4 Å². The predicted octanol–water partition coefficient (Wildman–Crippen LogP) is -0.130. The molecule has 2 fully saturated rings. The van der Waals surface area contributed by atoms with E-state index in [1.807, 2.05) is 0 Å². The van der Waals surface area contributed by atoms with Crippen molar-refractivity contribution in [2.45, 2.75) is 38.1 Å². The number of ether oxygens (including phenoxy) is 4. The van der Waals surface area contributed by atoms with Crippen LogP contribution in [0.3, 0.4) is 0 Å². The van der Waals surface area contributed by atoms with Gasteiger partial charge in [-0.1, -0.05) is 5.21 Å². The molecular weight excluding hydrogens is 254 g/mol. The zero-order valence-electron chi connectivity index (χ0n) is 10.5. The molecule has 0 bridgehead atoms. The maximum Gasteiger partial charge on any atom is 0.302 e. The van der Waals surface area contributed by atoms with Gasteiger partial charge in [-0.3, -0.25) is 4.79 Å². The van der Waals surface area contributed by atoms with Crippen LogP contribution in [0.1, 0.15) is 19.8 Å². The van der Waals surface area contributed by atoms with E-state index in [0.29, 0.717) is 19.6 Å². The average molecular weight is 269 g/mol. The Hall–Kier alpha value is -1.51. The lowest BCUT2D eigenvalue weighted by atomic mass is 10.0. The fraction of sp³-hybridized carbons (Fsp3) is 0.727. The molecule has 19 heavy (non-hydrogen) atoms. The van der Waals surface area contributed by atoms with Crippen molar-refractivity contribution in [1.82, 2.24) is 15.0 Å². The summed E-state index contributed by atoms with van der Waals surface area (Å²) < 4.78 is 23.5. The zero-order chi connectivity index (χ0) is 13.2. The summed E-state index contributed by atoms with van der Waals surface area (Å²) in [5, 5.41) is 7.54. The summed E-state index contributed by atoms with van der Waals surface area (Å²) in [4.78, 5) is 11.0. The summed E-state index contributed by atoms with van der Waals surface area (Å²) in [6.45, 7) is 2.18. The van der Waals surface area contributed by atoms with Crippen molar-refractivity contribution in [3.63, 3.8) is 0 Å². The highest BCUT2D eigenvalue weighted by atomic mass is 16.7. The molecule has 2 saturated heterocycles. The Bertz CT molecular complexity index is 438. The van der Waals surface area contributed by atoms with E-state index >= 15 is 0 Å². The van der Waals surface area contributed by atoms with Crippen molar-refractivity contribution < 1.29 is 23.7 Å². The fourth-order valence-electron chi connectivity index (χ4n) is 2.27. The van der Waals surface area contributed by atoms with Gasteiger partial charge < -0.3 is 18.9 Å². The van der Waals surface area contributed by atoms with E-state index in [9.17, 15) is 4.79 Å². The van der Waals surface area contributed by atoms with Gasteiger partial charge in [-0.25, -0.2) is 0 Å². The van der Waals surface area contributed by atoms with Crippen molar-refractivity contribution >= 4 is 5.97 Å². The minimum absolute atomic E-state index is 0.133. The standard InChI is InChI=1S/C11H15N3O5/c1-7(15)18-8-4-9-10(16-5-8)6-17-11(19-9)14-3-2-12-13-14/h2-3,8-11H,4-6H2,1H3. The highest BCUT2D eigenvalue weighted by molar-refractivity contribution is 5.66. The molecule has 104 valence electrons. The van der Waals surface area contributed by atoms with Crippen LogP contribution in [0, 0.1) is 0 Å². The number of hydrogen-bond acceptors (Lipinski definition) is 7. The lowest BCUT2D eigenvalue weighted by Crippen LogP contribution is -2.50. The van der Waals surface area contributed by atoms with Crippen LogP contribution >= 0.6 is 0 Å². The molecule has 2 aliphatic rings.